The van der Waals surface area contributed by atoms with Gasteiger partial charge < -0.3 is 0 Å². The van der Waals surface area contributed by atoms with Crippen LogP contribution in [-0.4, -0.2) is 49.3 Å². The third-order valence-corrected chi connectivity index (χ3v) is 14.9. The third-order valence-electron chi connectivity index (χ3n) is 14.9. The number of allylic oxidation sites excluding steroid dienone is 16. The molecule has 0 radical (unpaired) electrons. The molecule has 8 nitrogen and oxygen atoms in total. The van der Waals surface area contributed by atoms with Crippen molar-refractivity contribution in [3.8, 4) is 0 Å². The van der Waals surface area contributed by atoms with Gasteiger partial charge in [0.25, 0.3) is 0 Å². The van der Waals surface area contributed by atoms with E-state index < -0.39 is 0 Å². The van der Waals surface area contributed by atoms with Crippen LogP contribution in [0.2, 0.25) is 0 Å². The standard InChI is InChI=1S/C64H44N4O4/c69-61-49-33-45-9-1-5-13-53(45)57(61)58-54-14-6-2-10-46(54)34-50(62(58)70)38-66-27-19-43(20-28-66)44-23-31-68(32-24-44)40-52-36-48-12-4-8-16-56(48)60(64(52)72)59-55-15-7-3-11-47(55)35-51(63(59)71)39-67-29-21-42(22-30-67)41-17-25-65(37-49)26-18-41/h1-36H,37-40H2/p+4/b58-57-,60-59+. The van der Waals surface area contributed by atoms with Crippen molar-refractivity contribution in [1.29, 1.82) is 0 Å². The van der Waals surface area contributed by atoms with Crippen LogP contribution in [0.25, 0.3) is 46.6 Å². The number of Topliss-reactive ketones (excluding diaryl/α,β-unsaturated/α-hetero) is 4. The van der Waals surface area contributed by atoms with E-state index in [0.717, 1.165) is 86.4 Å². The topological polar surface area (TPSA) is 86.0 Å². The highest BCUT2D eigenvalue weighted by Crippen LogP contribution is 2.42. The third kappa shape index (κ3) is 7.58. The van der Waals surface area contributed by atoms with E-state index in [4.69, 9.17) is 0 Å². The van der Waals surface area contributed by atoms with Crippen molar-refractivity contribution >= 4 is 69.7 Å². The summed E-state index contributed by atoms with van der Waals surface area (Å²) in [5.74, 6) is -0.541. The molecule has 4 aliphatic carbocycles. The van der Waals surface area contributed by atoms with Gasteiger partial charge in [0.05, 0.1) is 71.9 Å². The molecule has 0 spiro atoms. The van der Waals surface area contributed by atoms with Crippen LogP contribution in [0.15, 0.2) is 240 Å². The maximum atomic E-state index is 15.0. The number of hydrogen-bond donors (Lipinski definition) is 4. The minimum Gasteiger partial charge on any atom is -0.289 e. The van der Waals surface area contributed by atoms with Gasteiger partial charge in [0, 0.05) is 22.3 Å². The predicted octanol–water partition coefficient (Wildman–Crippen LogP) is 5.38. The maximum absolute atomic E-state index is 15.0. The molecule has 72 heavy (non-hydrogen) atoms. The first-order chi connectivity index (χ1) is 35.3. The molecule has 4 aromatic rings. The molecule has 0 fully saturated rings. The zero-order valence-corrected chi connectivity index (χ0v) is 39.2. The first-order valence-electron chi connectivity index (χ1n) is 24.5. The van der Waals surface area contributed by atoms with Crippen molar-refractivity contribution in [3.05, 3.63) is 284 Å². The van der Waals surface area contributed by atoms with Gasteiger partial charge in [-0.15, -0.1) is 0 Å². The van der Waals surface area contributed by atoms with Crippen LogP contribution in [0.1, 0.15) is 44.5 Å². The van der Waals surface area contributed by atoms with Gasteiger partial charge in [0.1, 0.15) is 26.2 Å². The molecular formula is C64H48N4O4+4. The zero-order chi connectivity index (χ0) is 48.5. The molecule has 19 rings (SSSR count). The Hall–Kier alpha value is -8.76. The molecule has 4 aromatic carbocycles. The predicted molar refractivity (Wildman–Crippen MR) is 282 cm³/mol. The highest BCUT2D eigenvalue weighted by Gasteiger charge is 2.38. The molecule has 15 aliphatic rings. The molecule has 344 valence electrons. The fourth-order valence-electron chi connectivity index (χ4n) is 11.2. The number of fused-ring (bicyclic) bond motifs is 4. The van der Waals surface area contributed by atoms with Gasteiger partial charge in [0.15, 0.2) is 23.1 Å². The molecule has 0 amide bonds. The summed E-state index contributed by atoms with van der Waals surface area (Å²) < 4.78 is 0. The van der Waals surface area contributed by atoms with Gasteiger partial charge >= 0.3 is 0 Å². The monoisotopic (exact) mass is 936 g/mol. The Kier molecular flexibility index (Phi) is 10.6. The van der Waals surface area contributed by atoms with E-state index in [2.05, 4.69) is 98.2 Å². The van der Waals surface area contributed by atoms with E-state index in [9.17, 15) is 19.2 Å². The number of rotatable bonds is 0. The molecule has 0 saturated carbocycles. The van der Waals surface area contributed by atoms with Gasteiger partial charge in [-0.1, -0.05) is 97.1 Å². The number of nitrogens with one attached hydrogen (secondary N) is 4. The first-order valence-corrected chi connectivity index (χ1v) is 24.5. The van der Waals surface area contributed by atoms with Gasteiger partial charge in [0.2, 0.25) is 0 Å². The van der Waals surface area contributed by atoms with Crippen molar-refractivity contribution in [2.75, 3.05) is 26.2 Å². The minimum atomic E-state index is -0.135. The molecule has 0 saturated heterocycles. The summed E-state index contributed by atoms with van der Waals surface area (Å²) in [5, 5.41) is 0. The smallest absolute Gasteiger partial charge is 0.196 e. The van der Waals surface area contributed by atoms with Crippen molar-refractivity contribution in [2.24, 2.45) is 0 Å². The number of benzene rings is 4. The first kappa shape index (κ1) is 43.3. The van der Waals surface area contributed by atoms with Gasteiger partial charge in [-0.05, 0) is 140 Å². The highest BCUT2D eigenvalue weighted by molar-refractivity contribution is 6.50. The van der Waals surface area contributed by atoms with E-state index in [0.29, 0.717) is 70.8 Å². The SMILES string of the molecule is O=C1C2=Cc3ccccc3/C1=C1/C(=O)C(=Cc3ccccc31)C[NH+]1C=CC(=C3C=C[NH+](C=C3)CC3=Cc4ccccc4/C(=C4\C(=O)C(=Cc5ccccc54)C[NH+]4C=CC(=C5C=C[NH+](C=C5)C2)C=C4)C3=O)C=C1. The second kappa shape index (κ2) is 17.6. The fraction of sp³-hybridized carbons (Fsp3) is 0.0625. The maximum Gasteiger partial charge on any atom is 0.196 e. The number of quaternary nitrogens is 4. The van der Waals surface area contributed by atoms with E-state index in [1.165, 1.54) is 0 Å². The summed E-state index contributed by atoms with van der Waals surface area (Å²) in [6.45, 7) is 1.60. The number of hydrogen-bond acceptors (Lipinski definition) is 4. The van der Waals surface area contributed by atoms with Crippen LogP contribution >= 0.6 is 0 Å². The zero-order valence-electron chi connectivity index (χ0n) is 39.2. The molecule has 0 unspecified atom stereocenters. The van der Waals surface area contributed by atoms with Crippen LogP contribution < -0.4 is 19.6 Å². The Morgan fingerprint density at radius 1 is 0.264 bits per heavy atom. The molecule has 4 N–H and O–H groups in total. The molecular weight excluding hydrogens is 889 g/mol. The largest absolute Gasteiger partial charge is 0.289 e. The van der Waals surface area contributed by atoms with Crippen LogP contribution in [0.4, 0.5) is 0 Å². The lowest BCUT2D eigenvalue weighted by Gasteiger charge is -2.27. The second-order valence-electron chi connectivity index (χ2n) is 19.3. The molecule has 8 heteroatoms. The van der Waals surface area contributed by atoms with Crippen molar-refractivity contribution in [2.45, 2.75) is 0 Å². The summed E-state index contributed by atoms with van der Waals surface area (Å²) in [4.78, 5) is 63.8. The lowest BCUT2D eigenvalue weighted by atomic mass is 9.77. The Labute approximate surface area is 417 Å². The fourth-order valence-corrected chi connectivity index (χ4v) is 11.2. The van der Waals surface area contributed by atoms with Crippen molar-refractivity contribution in [3.63, 3.8) is 0 Å². The van der Waals surface area contributed by atoms with Gasteiger partial charge in [-0.3, -0.25) is 38.8 Å². The molecule has 0 aromatic heterocycles. The van der Waals surface area contributed by atoms with Crippen LogP contribution in [0.5, 0.6) is 0 Å². The second-order valence-corrected chi connectivity index (χ2v) is 19.3. The van der Waals surface area contributed by atoms with Crippen molar-refractivity contribution in [1.82, 2.24) is 0 Å². The van der Waals surface area contributed by atoms with Crippen molar-refractivity contribution < 1.29 is 38.8 Å². The van der Waals surface area contributed by atoms with Gasteiger partial charge in [-0.2, -0.15) is 0 Å². The quantitative estimate of drug-likeness (QED) is 0.191. The summed E-state index contributed by atoms with van der Waals surface area (Å²) >= 11 is 0. The number of carbonyl (C=O) groups is 4. The Morgan fingerprint density at radius 3 is 0.667 bits per heavy atom. The van der Waals surface area contributed by atoms with E-state index in [1.807, 2.05) is 121 Å². The van der Waals surface area contributed by atoms with Crippen LogP contribution in [0.3, 0.4) is 0 Å². The van der Waals surface area contributed by atoms with E-state index in [-0.39, 0.29) is 23.1 Å². The van der Waals surface area contributed by atoms with Gasteiger partial charge in [-0.25, -0.2) is 0 Å². The normalized spacial score (nSPS) is 25.7. The summed E-state index contributed by atoms with van der Waals surface area (Å²) in [6, 6.07) is 31.5. The highest BCUT2D eigenvalue weighted by atomic mass is 16.1. The average molecular weight is 937 g/mol. The van der Waals surface area contributed by atoms with Crippen LogP contribution in [-0.2, 0) is 19.2 Å². The minimum absolute atomic E-state index is 0.135. The summed E-state index contributed by atoms with van der Waals surface area (Å²) in [5.41, 5.74) is 15.1. The molecule has 11 aliphatic heterocycles. The van der Waals surface area contributed by atoms with Crippen LogP contribution in [0, 0.1) is 0 Å². The molecule has 11 heterocycles. The Morgan fingerprint density at radius 2 is 0.458 bits per heavy atom. The average Bonchev–Trinajstić information content (AvgIpc) is 3.41. The summed E-state index contributed by atoms with van der Waals surface area (Å²) in [6.07, 6.45) is 41.1. The number of ketones is 4. The summed E-state index contributed by atoms with van der Waals surface area (Å²) in [7, 11) is 0. The lowest BCUT2D eigenvalue weighted by molar-refractivity contribution is -0.784. The van der Waals surface area contributed by atoms with E-state index in [1.54, 1.807) is 0 Å². The lowest BCUT2D eigenvalue weighted by Crippen LogP contribution is -3.03. The Bertz CT molecular complexity index is 3180. The van der Waals surface area contributed by atoms with E-state index >= 15 is 0 Å². The Balaban J connectivity index is 0.893. The molecule has 0 atom stereocenters. The molecule has 16 bridgehead atoms. The number of carbonyl (C=O) groups excluding carboxylic acids is 4.